The Balaban J connectivity index is 1.45. The molecule has 6 nitrogen and oxygen atoms in total. The number of imide groups is 1. The summed E-state index contributed by atoms with van der Waals surface area (Å²) < 4.78 is 2.06. The van der Waals surface area contributed by atoms with Crippen LogP contribution in [0.3, 0.4) is 0 Å². The molecule has 3 heterocycles. The molecule has 0 bridgehead atoms. The number of carbonyl (C=O) groups excluding carboxylic acids is 2. The third kappa shape index (κ3) is 3.02. The van der Waals surface area contributed by atoms with E-state index in [0.717, 1.165) is 29.3 Å². The summed E-state index contributed by atoms with van der Waals surface area (Å²) in [6.45, 7) is 0.636. The molecule has 1 aliphatic rings. The maximum atomic E-state index is 11.4. The molecule has 0 aromatic carbocycles. The summed E-state index contributed by atoms with van der Waals surface area (Å²) in [6.07, 6.45) is 5.51. The lowest BCUT2D eigenvalue weighted by atomic mass is 10.3. The number of amides is 3. The van der Waals surface area contributed by atoms with E-state index in [0.29, 0.717) is 6.54 Å². The number of nitrogens with zero attached hydrogens (tertiary/aromatic N) is 3. The minimum Gasteiger partial charge on any atom is -0.329 e. The molecule has 110 valence electrons. The van der Waals surface area contributed by atoms with Crippen molar-refractivity contribution in [2.45, 2.75) is 17.9 Å². The summed E-state index contributed by atoms with van der Waals surface area (Å²) in [5, 5.41) is 3.68. The van der Waals surface area contributed by atoms with E-state index >= 15 is 0 Å². The van der Waals surface area contributed by atoms with Crippen LogP contribution < -0.4 is 5.32 Å². The molecule has 0 radical (unpaired) electrons. The molecule has 1 fully saturated rings. The van der Waals surface area contributed by atoms with Gasteiger partial charge in [0.25, 0.3) is 0 Å². The first-order chi connectivity index (χ1) is 10.3. The predicted molar refractivity (Wildman–Crippen MR) is 80.3 cm³/mol. The van der Waals surface area contributed by atoms with Crippen molar-refractivity contribution in [3.05, 3.63) is 30.6 Å². The van der Waals surface area contributed by atoms with Crippen LogP contribution in [0.5, 0.6) is 0 Å². The van der Waals surface area contributed by atoms with Gasteiger partial charge in [-0.05, 0) is 30.7 Å². The molecule has 2 aromatic heterocycles. The molecular formula is C14H16N4O2S. The Morgan fingerprint density at radius 2 is 2.19 bits per heavy atom. The third-order valence-corrected chi connectivity index (χ3v) is 4.48. The highest BCUT2D eigenvalue weighted by atomic mass is 32.2. The Morgan fingerprint density at radius 1 is 1.29 bits per heavy atom. The number of fused-ring (bicyclic) bond motifs is 1. The quantitative estimate of drug-likeness (QED) is 0.502. The van der Waals surface area contributed by atoms with Crippen molar-refractivity contribution in [3.8, 4) is 0 Å². The average Bonchev–Trinajstić information content (AvgIpc) is 3.08. The number of hydrogen-bond acceptors (Lipinski definition) is 4. The molecule has 0 atom stereocenters. The highest BCUT2D eigenvalue weighted by Gasteiger charge is 2.27. The summed E-state index contributed by atoms with van der Waals surface area (Å²) >= 11 is 1.76. The normalized spacial score (nSPS) is 15.0. The van der Waals surface area contributed by atoms with Crippen molar-refractivity contribution >= 4 is 29.3 Å². The lowest BCUT2D eigenvalue weighted by Gasteiger charge is -2.11. The fourth-order valence-corrected chi connectivity index (χ4v) is 3.30. The van der Waals surface area contributed by atoms with Crippen LogP contribution >= 0.6 is 11.8 Å². The smallest absolute Gasteiger partial charge is 0.324 e. The zero-order valence-electron chi connectivity index (χ0n) is 11.5. The molecule has 3 rings (SSSR count). The fraction of sp³-hybridized carbons (Fsp3) is 0.357. The van der Waals surface area contributed by atoms with Crippen molar-refractivity contribution in [3.63, 3.8) is 0 Å². The van der Waals surface area contributed by atoms with Crippen molar-refractivity contribution in [1.82, 2.24) is 19.6 Å². The number of imidazole rings is 1. The van der Waals surface area contributed by atoms with E-state index in [1.165, 1.54) is 4.90 Å². The Morgan fingerprint density at radius 3 is 3.00 bits per heavy atom. The first-order valence-corrected chi connectivity index (χ1v) is 7.87. The van der Waals surface area contributed by atoms with E-state index < -0.39 is 0 Å². The van der Waals surface area contributed by atoms with Gasteiger partial charge in [0.1, 0.15) is 5.65 Å². The second kappa shape index (κ2) is 6.17. The molecule has 1 aliphatic heterocycles. The van der Waals surface area contributed by atoms with Crippen LogP contribution in [0.2, 0.25) is 0 Å². The fourth-order valence-electron chi connectivity index (χ4n) is 2.27. The minimum absolute atomic E-state index is 0.129. The molecule has 0 saturated carbocycles. The zero-order chi connectivity index (χ0) is 14.7. The lowest BCUT2D eigenvalue weighted by molar-refractivity contribution is -0.125. The van der Waals surface area contributed by atoms with Crippen molar-refractivity contribution in [2.75, 3.05) is 18.8 Å². The van der Waals surface area contributed by atoms with Gasteiger partial charge in [0.2, 0.25) is 5.91 Å². The number of unbranched alkanes of at least 4 members (excludes halogenated alkanes) is 1. The maximum absolute atomic E-state index is 11.4. The van der Waals surface area contributed by atoms with E-state index in [1.807, 2.05) is 18.3 Å². The van der Waals surface area contributed by atoms with Gasteiger partial charge in [-0.1, -0.05) is 6.07 Å². The summed E-state index contributed by atoms with van der Waals surface area (Å²) in [5.41, 5.74) is 0.944. The van der Waals surface area contributed by atoms with Crippen LogP contribution in [-0.4, -0.2) is 45.1 Å². The first kappa shape index (κ1) is 13.9. The summed E-state index contributed by atoms with van der Waals surface area (Å²) in [6, 6.07) is 5.77. The Kier molecular flexibility index (Phi) is 4.10. The second-order valence-corrected chi connectivity index (χ2v) is 5.89. The van der Waals surface area contributed by atoms with Crippen LogP contribution in [0.1, 0.15) is 12.8 Å². The Labute approximate surface area is 126 Å². The van der Waals surface area contributed by atoms with Gasteiger partial charge >= 0.3 is 6.03 Å². The van der Waals surface area contributed by atoms with Gasteiger partial charge < -0.3 is 5.32 Å². The standard InChI is InChI=1S/C14H16N4O2S/c19-12-10-16-14(20)18(12)7-1-2-9-21-13-5-3-4-11-15-6-8-17(11)13/h3-6,8H,1-2,7,9-10H2,(H,16,20). The molecule has 7 heteroatoms. The van der Waals surface area contributed by atoms with Crippen molar-refractivity contribution < 1.29 is 9.59 Å². The van der Waals surface area contributed by atoms with Crippen LogP contribution in [0.4, 0.5) is 4.79 Å². The highest BCUT2D eigenvalue weighted by molar-refractivity contribution is 7.99. The van der Waals surface area contributed by atoms with E-state index in [9.17, 15) is 9.59 Å². The van der Waals surface area contributed by atoms with Crippen molar-refractivity contribution in [1.29, 1.82) is 0 Å². The van der Waals surface area contributed by atoms with Gasteiger partial charge in [-0.15, -0.1) is 11.8 Å². The van der Waals surface area contributed by atoms with Crippen LogP contribution in [0, 0.1) is 0 Å². The van der Waals surface area contributed by atoms with Gasteiger partial charge in [0, 0.05) is 18.9 Å². The Hall–Kier alpha value is -2.02. The highest BCUT2D eigenvalue weighted by Crippen LogP contribution is 2.20. The van der Waals surface area contributed by atoms with Gasteiger partial charge in [-0.2, -0.15) is 0 Å². The molecule has 0 unspecified atom stereocenters. The van der Waals surface area contributed by atoms with Gasteiger partial charge in [-0.25, -0.2) is 9.78 Å². The molecule has 0 spiro atoms. The second-order valence-electron chi connectivity index (χ2n) is 4.78. The molecular weight excluding hydrogens is 288 g/mol. The summed E-state index contributed by atoms with van der Waals surface area (Å²) in [7, 11) is 0. The number of carbonyl (C=O) groups is 2. The van der Waals surface area contributed by atoms with Crippen LogP contribution in [-0.2, 0) is 4.79 Å². The average molecular weight is 304 g/mol. The lowest BCUT2D eigenvalue weighted by Crippen LogP contribution is -2.31. The molecule has 1 N–H and O–H groups in total. The van der Waals surface area contributed by atoms with E-state index in [4.69, 9.17) is 0 Å². The number of nitrogens with one attached hydrogen (secondary N) is 1. The van der Waals surface area contributed by atoms with Crippen LogP contribution in [0.25, 0.3) is 5.65 Å². The third-order valence-electron chi connectivity index (χ3n) is 3.35. The SMILES string of the molecule is O=C1CNC(=O)N1CCCCSc1cccc2nccn12. The van der Waals surface area contributed by atoms with Gasteiger partial charge in [0.15, 0.2) is 0 Å². The molecule has 1 saturated heterocycles. The largest absolute Gasteiger partial charge is 0.329 e. The molecule has 3 amide bonds. The van der Waals surface area contributed by atoms with Crippen molar-refractivity contribution in [2.24, 2.45) is 0 Å². The summed E-state index contributed by atoms with van der Waals surface area (Å²) in [5.74, 6) is 0.817. The van der Waals surface area contributed by atoms with Crippen LogP contribution in [0.15, 0.2) is 35.6 Å². The van der Waals surface area contributed by atoms with E-state index in [1.54, 1.807) is 18.0 Å². The number of urea groups is 1. The zero-order valence-corrected chi connectivity index (χ0v) is 12.3. The number of thioether (sulfide) groups is 1. The first-order valence-electron chi connectivity index (χ1n) is 6.89. The monoisotopic (exact) mass is 304 g/mol. The number of aromatic nitrogens is 2. The minimum atomic E-state index is -0.268. The number of pyridine rings is 1. The summed E-state index contributed by atoms with van der Waals surface area (Å²) in [4.78, 5) is 28.3. The van der Waals surface area contributed by atoms with E-state index in [-0.39, 0.29) is 18.5 Å². The topological polar surface area (TPSA) is 66.7 Å². The molecule has 0 aliphatic carbocycles. The van der Waals surface area contributed by atoms with Gasteiger partial charge in [0.05, 0.1) is 11.6 Å². The number of rotatable bonds is 6. The van der Waals surface area contributed by atoms with E-state index in [2.05, 4.69) is 20.8 Å². The Bertz CT molecular complexity index is 654. The molecule has 2 aromatic rings. The molecule has 21 heavy (non-hydrogen) atoms. The van der Waals surface area contributed by atoms with Gasteiger partial charge in [-0.3, -0.25) is 14.1 Å². The number of hydrogen-bond donors (Lipinski definition) is 1. The predicted octanol–water partition coefficient (Wildman–Crippen LogP) is 1.76. The maximum Gasteiger partial charge on any atom is 0.324 e.